The second-order valence-electron chi connectivity index (χ2n) is 11.7. The Balaban J connectivity index is 1.55. The van der Waals surface area contributed by atoms with Gasteiger partial charge in [0.05, 0.1) is 6.10 Å². The van der Waals surface area contributed by atoms with Gasteiger partial charge in [-0.1, -0.05) is 43.6 Å². The van der Waals surface area contributed by atoms with E-state index in [1.54, 1.807) is 0 Å². The molecule has 0 aromatic carbocycles. The second-order valence-corrected chi connectivity index (χ2v) is 11.7. The van der Waals surface area contributed by atoms with Gasteiger partial charge in [0, 0.05) is 0 Å². The highest BCUT2D eigenvalue weighted by molar-refractivity contribution is 5.34. The molecule has 0 aromatic heterocycles. The molecular weight excluding hydrogens is 340 g/mol. The average molecular weight is 385 g/mol. The fraction of sp³-hybridized carbons (Fsp3) is 0.852. The highest BCUT2D eigenvalue weighted by Crippen LogP contribution is 2.65. The molecule has 2 saturated carbocycles. The zero-order valence-corrected chi connectivity index (χ0v) is 19.2. The van der Waals surface area contributed by atoms with E-state index in [1.807, 2.05) is 11.1 Å². The van der Waals surface area contributed by atoms with Crippen LogP contribution in [0.4, 0.5) is 0 Å². The quantitative estimate of drug-likeness (QED) is 0.499. The van der Waals surface area contributed by atoms with Crippen LogP contribution in [0.1, 0.15) is 105 Å². The summed E-state index contributed by atoms with van der Waals surface area (Å²) in [5.41, 5.74) is 6.19. The number of hydrogen-bond acceptors (Lipinski definition) is 1. The smallest absolute Gasteiger partial charge is 0.0543 e. The molecule has 4 aliphatic rings. The molecule has 4 aliphatic carbocycles. The van der Waals surface area contributed by atoms with E-state index in [1.165, 1.54) is 63.4 Å². The minimum absolute atomic E-state index is 0.0356. The first-order chi connectivity index (χ1) is 13.3. The summed E-state index contributed by atoms with van der Waals surface area (Å²) in [5.74, 6) is 3.36. The van der Waals surface area contributed by atoms with Crippen molar-refractivity contribution in [3.05, 3.63) is 22.8 Å². The number of hydrogen-bond donors (Lipinski definition) is 1. The van der Waals surface area contributed by atoms with Gasteiger partial charge < -0.3 is 5.11 Å². The van der Waals surface area contributed by atoms with Crippen molar-refractivity contribution in [1.82, 2.24) is 0 Å². The van der Waals surface area contributed by atoms with E-state index in [4.69, 9.17) is 0 Å². The van der Waals surface area contributed by atoms with E-state index in [2.05, 4.69) is 40.7 Å². The van der Waals surface area contributed by atoms with Crippen LogP contribution in [-0.2, 0) is 0 Å². The van der Waals surface area contributed by atoms with E-state index in [0.717, 1.165) is 36.5 Å². The summed E-state index contributed by atoms with van der Waals surface area (Å²) in [6.45, 7) is 12.2. The molecule has 0 unspecified atom stereocenters. The molecule has 4 rings (SSSR count). The first kappa shape index (κ1) is 20.7. The monoisotopic (exact) mass is 384 g/mol. The summed E-state index contributed by atoms with van der Waals surface area (Å²) in [6.07, 6.45) is 16.7. The lowest BCUT2D eigenvalue weighted by Gasteiger charge is -2.55. The Bertz CT molecular complexity index is 653. The fourth-order valence-corrected chi connectivity index (χ4v) is 8.25. The third kappa shape index (κ3) is 3.34. The highest BCUT2D eigenvalue weighted by Gasteiger charge is 2.55. The molecular formula is C27H44O. The Morgan fingerprint density at radius 3 is 2.64 bits per heavy atom. The van der Waals surface area contributed by atoms with E-state index in [9.17, 15) is 5.11 Å². The van der Waals surface area contributed by atoms with E-state index in [0.29, 0.717) is 10.8 Å². The normalized spacial score (nSPS) is 43.8. The van der Waals surface area contributed by atoms with Crippen LogP contribution >= 0.6 is 0 Å². The fourth-order valence-electron chi connectivity index (χ4n) is 8.25. The molecule has 0 spiro atoms. The number of fused-ring (bicyclic) bond motifs is 4. The molecule has 1 nitrogen and oxygen atoms in total. The molecule has 0 bridgehead atoms. The zero-order valence-electron chi connectivity index (χ0n) is 19.2. The molecule has 28 heavy (non-hydrogen) atoms. The van der Waals surface area contributed by atoms with Crippen LogP contribution in [0.2, 0.25) is 0 Å². The van der Waals surface area contributed by atoms with E-state index < -0.39 is 0 Å². The number of aliphatic hydroxyl groups excluding tert-OH is 1. The highest BCUT2D eigenvalue weighted by atomic mass is 16.3. The lowest BCUT2D eigenvalue weighted by molar-refractivity contribution is 0.0133. The summed E-state index contributed by atoms with van der Waals surface area (Å²) in [5, 5.41) is 10.2. The van der Waals surface area contributed by atoms with Gasteiger partial charge in [0.1, 0.15) is 0 Å². The van der Waals surface area contributed by atoms with Crippen LogP contribution < -0.4 is 0 Å². The average Bonchev–Trinajstić information content (AvgIpc) is 2.99. The summed E-state index contributed by atoms with van der Waals surface area (Å²) >= 11 is 0. The summed E-state index contributed by atoms with van der Waals surface area (Å²) in [4.78, 5) is 0. The first-order valence-electron chi connectivity index (χ1n) is 12.3. The van der Waals surface area contributed by atoms with Gasteiger partial charge in [-0.05, 0) is 119 Å². The van der Waals surface area contributed by atoms with Crippen molar-refractivity contribution in [1.29, 1.82) is 0 Å². The molecule has 1 N–H and O–H groups in total. The van der Waals surface area contributed by atoms with E-state index >= 15 is 0 Å². The van der Waals surface area contributed by atoms with Crippen LogP contribution in [0.25, 0.3) is 0 Å². The largest absolute Gasteiger partial charge is 0.393 e. The summed E-state index contributed by atoms with van der Waals surface area (Å²) in [6, 6.07) is 0. The Morgan fingerprint density at radius 2 is 1.89 bits per heavy atom. The lowest BCUT2D eigenvalue weighted by Crippen LogP contribution is -2.45. The van der Waals surface area contributed by atoms with Gasteiger partial charge in [-0.15, -0.1) is 0 Å². The molecule has 0 aromatic rings. The van der Waals surface area contributed by atoms with Gasteiger partial charge in [-0.2, -0.15) is 0 Å². The van der Waals surface area contributed by atoms with Gasteiger partial charge in [0.15, 0.2) is 0 Å². The molecule has 0 amide bonds. The zero-order chi connectivity index (χ0) is 20.1. The Hall–Kier alpha value is -0.560. The maximum atomic E-state index is 10.2. The van der Waals surface area contributed by atoms with Gasteiger partial charge in [-0.25, -0.2) is 0 Å². The minimum atomic E-state index is -0.0356. The Morgan fingerprint density at radius 1 is 1.11 bits per heavy atom. The van der Waals surface area contributed by atoms with Gasteiger partial charge in [0.25, 0.3) is 0 Å². The Kier molecular flexibility index (Phi) is 5.62. The molecule has 0 heterocycles. The molecule has 1 heteroatoms. The van der Waals surface area contributed by atoms with Gasteiger partial charge in [0.2, 0.25) is 0 Å². The lowest BCUT2D eigenvalue weighted by atomic mass is 9.50. The Labute approximate surface area is 174 Å². The van der Waals surface area contributed by atoms with Crippen LogP contribution in [0.5, 0.6) is 0 Å². The standard InChI is InChI=1S/C27H44O/c1-18(2)7-6-8-19(3)23-11-12-24-22-10-9-20-17-21(28)13-15-26(20,4)25(22)14-16-27(23,24)5/h7,19-21,23-24,28H,6,8-17H2,1-5H3/t19-,20+,21+,23-,24-,26+,27-/m1/s1. The topological polar surface area (TPSA) is 20.2 Å². The van der Waals surface area contributed by atoms with Gasteiger partial charge in [-0.3, -0.25) is 0 Å². The number of aliphatic hydroxyl groups is 1. The molecule has 0 radical (unpaired) electrons. The predicted octanol–water partition coefficient (Wildman–Crippen LogP) is 7.45. The van der Waals surface area contributed by atoms with E-state index in [-0.39, 0.29) is 6.10 Å². The van der Waals surface area contributed by atoms with Crippen molar-refractivity contribution < 1.29 is 5.11 Å². The number of rotatable bonds is 4. The van der Waals surface area contributed by atoms with Crippen LogP contribution in [0, 0.1) is 34.5 Å². The number of allylic oxidation sites excluding steroid dienone is 4. The van der Waals surface area contributed by atoms with Crippen molar-refractivity contribution in [3.63, 3.8) is 0 Å². The van der Waals surface area contributed by atoms with Crippen LogP contribution in [0.15, 0.2) is 22.8 Å². The van der Waals surface area contributed by atoms with Crippen molar-refractivity contribution in [2.24, 2.45) is 34.5 Å². The summed E-state index contributed by atoms with van der Waals surface area (Å²) in [7, 11) is 0. The molecule has 7 atom stereocenters. The third-order valence-electron chi connectivity index (χ3n) is 9.90. The molecule has 158 valence electrons. The maximum absolute atomic E-state index is 10.2. The van der Waals surface area contributed by atoms with Crippen molar-refractivity contribution in [2.45, 2.75) is 111 Å². The van der Waals surface area contributed by atoms with Gasteiger partial charge >= 0.3 is 0 Å². The van der Waals surface area contributed by atoms with Crippen LogP contribution in [0.3, 0.4) is 0 Å². The van der Waals surface area contributed by atoms with Crippen molar-refractivity contribution in [2.75, 3.05) is 0 Å². The van der Waals surface area contributed by atoms with Crippen molar-refractivity contribution in [3.8, 4) is 0 Å². The molecule has 0 saturated heterocycles. The second kappa shape index (κ2) is 7.60. The molecule has 0 aliphatic heterocycles. The SMILES string of the molecule is CC(C)=CCC[C@@H](C)[C@H]1CC[C@@H]2C3=C(CC[C@@]21C)[C@@]1(C)CC[C@H](O)C[C@@H]1CC3. The van der Waals surface area contributed by atoms with Crippen LogP contribution in [-0.4, -0.2) is 11.2 Å². The minimum Gasteiger partial charge on any atom is -0.393 e. The third-order valence-corrected chi connectivity index (χ3v) is 9.90. The maximum Gasteiger partial charge on any atom is 0.0543 e. The van der Waals surface area contributed by atoms with Crippen molar-refractivity contribution >= 4 is 0 Å². The summed E-state index contributed by atoms with van der Waals surface area (Å²) < 4.78 is 0. The first-order valence-corrected chi connectivity index (χ1v) is 12.3. The molecule has 2 fully saturated rings. The predicted molar refractivity (Wildman–Crippen MR) is 119 cm³/mol.